The highest BCUT2D eigenvalue weighted by molar-refractivity contribution is 6.31. The van der Waals surface area contributed by atoms with Crippen molar-refractivity contribution in [1.82, 2.24) is 14.7 Å². The zero-order valence-corrected chi connectivity index (χ0v) is 15.9. The maximum absolute atomic E-state index is 12.7. The van der Waals surface area contributed by atoms with Crippen molar-refractivity contribution in [3.05, 3.63) is 40.5 Å². The van der Waals surface area contributed by atoms with Crippen molar-refractivity contribution in [2.75, 3.05) is 31.1 Å². The minimum atomic E-state index is -2.96. The molecule has 3 rings (SSSR count). The molecular weight excluding hydrogens is 378 g/mol. The fourth-order valence-electron chi connectivity index (χ4n) is 3.22. The van der Waals surface area contributed by atoms with Crippen molar-refractivity contribution < 1.29 is 18.3 Å². The molecule has 2 heterocycles. The van der Waals surface area contributed by atoms with E-state index in [-0.39, 0.29) is 17.5 Å². The van der Waals surface area contributed by atoms with Crippen LogP contribution in [0.1, 0.15) is 22.5 Å². The van der Waals surface area contributed by atoms with Gasteiger partial charge in [0.2, 0.25) is 5.88 Å². The van der Waals surface area contributed by atoms with E-state index in [2.05, 4.69) is 14.7 Å². The van der Waals surface area contributed by atoms with Gasteiger partial charge in [-0.3, -0.25) is 4.79 Å². The first-order chi connectivity index (χ1) is 12.9. The van der Waals surface area contributed by atoms with Gasteiger partial charge in [0, 0.05) is 50.0 Å². The summed E-state index contributed by atoms with van der Waals surface area (Å²) in [5, 5.41) is 4.72. The molecule has 0 atom stereocenters. The third-order valence-electron chi connectivity index (χ3n) is 4.63. The average molecular weight is 399 g/mol. The van der Waals surface area contributed by atoms with Crippen LogP contribution in [-0.2, 0) is 7.05 Å². The Morgan fingerprint density at radius 1 is 1.26 bits per heavy atom. The number of nitrogens with zero attached hydrogens (tertiary/aromatic N) is 4. The number of benzene rings is 1. The third kappa shape index (κ3) is 4.32. The Bertz CT molecular complexity index is 828. The summed E-state index contributed by atoms with van der Waals surface area (Å²) in [6.07, 6.45) is 0.783. The number of halogens is 3. The van der Waals surface area contributed by atoms with Crippen LogP contribution >= 0.6 is 11.6 Å². The molecule has 1 aromatic heterocycles. The lowest BCUT2D eigenvalue weighted by atomic mass is 10.1. The molecule has 0 aliphatic carbocycles. The number of hydrogen-bond acceptors (Lipinski definition) is 4. The molecule has 27 heavy (non-hydrogen) atoms. The first-order valence-corrected chi connectivity index (χ1v) is 9.03. The zero-order chi connectivity index (χ0) is 19.6. The molecule has 1 aliphatic rings. The molecule has 6 nitrogen and oxygen atoms in total. The summed E-state index contributed by atoms with van der Waals surface area (Å²) in [4.78, 5) is 16.6. The lowest BCUT2D eigenvalue weighted by Crippen LogP contribution is -2.35. The Balaban J connectivity index is 1.71. The van der Waals surface area contributed by atoms with Gasteiger partial charge in [0.25, 0.3) is 5.91 Å². The molecular formula is C18H21ClF2N4O2. The normalized spacial score (nSPS) is 15.2. The second-order valence-electron chi connectivity index (χ2n) is 6.39. The van der Waals surface area contributed by atoms with Gasteiger partial charge in [-0.15, -0.1) is 0 Å². The van der Waals surface area contributed by atoms with Gasteiger partial charge in [0.1, 0.15) is 0 Å². The predicted molar refractivity (Wildman–Crippen MR) is 98.8 cm³/mol. The summed E-state index contributed by atoms with van der Waals surface area (Å²) in [5.74, 6) is -0.432. The molecule has 0 N–H and O–H groups in total. The Kier molecular flexibility index (Phi) is 5.84. The number of aryl methyl sites for hydroxylation is 1. The zero-order valence-electron chi connectivity index (χ0n) is 15.2. The van der Waals surface area contributed by atoms with Crippen molar-refractivity contribution in [2.24, 2.45) is 7.05 Å². The van der Waals surface area contributed by atoms with Gasteiger partial charge in [-0.05, 0) is 31.0 Å². The lowest BCUT2D eigenvalue weighted by molar-refractivity contribution is -0.0553. The molecule has 1 amide bonds. The third-order valence-corrected chi connectivity index (χ3v) is 5.04. The molecule has 1 aromatic carbocycles. The SMILES string of the molecule is Cc1c(Cl)cccc1N1CCCN(C(=O)c2cc(OC(F)F)n(C)n2)CC1. The highest BCUT2D eigenvalue weighted by Gasteiger charge is 2.24. The number of rotatable bonds is 4. The molecule has 2 aromatic rings. The number of carbonyl (C=O) groups excluding carboxylic acids is 1. The molecule has 146 valence electrons. The van der Waals surface area contributed by atoms with Gasteiger partial charge in [-0.25, -0.2) is 4.68 Å². The molecule has 1 aliphatic heterocycles. The van der Waals surface area contributed by atoms with E-state index in [0.29, 0.717) is 24.7 Å². The van der Waals surface area contributed by atoms with Crippen molar-refractivity contribution in [3.63, 3.8) is 0 Å². The Morgan fingerprint density at radius 3 is 2.78 bits per heavy atom. The fraction of sp³-hybridized carbons (Fsp3) is 0.444. The minimum Gasteiger partial charge on any atom is -0.417 e. The van der Waals surface area contributed by atoms with Crippen molar-refractivity contribution in [2.45, 2.75) is 20.0 Å². The van der Waals surface area contributed by atoms with Crippen LogP contribution in [-0.4, -0.2) is 53.4 Å². The van der Waals surface area contributed by atoms with Gasteiger partial charge in [-0.1, -0.05) is 17.7 Å². The van der Waals surface area contributed by atoms with Crippen LogP contribution < -0.4 is 9.64 Å². The number of alkyl halides is 2. The molecule has 1 fully saturated rings. The van der Waals surface area contributed by atoms with E-state index in [0.717, 1.165) is 28.9 Å². The lowest BCUT2D eigenvalue weighted by Gasteiger charge is -2.25. The second kappa shape index (κ2) is 8.12. The Labute approximate surface area is 161 Å². The summed E-state index contributed by atoms with van der Waals surface area (Å²) >= 11 is 6.22. The Hall–Kier alpha value is -2.35. The largest absolute Gasteiger partial charge is 0.417 e. The van der Waals surface area contributed by atoms with Gasteiger partial charge >= 0.3 is 6.61 Å². The molecule has 0 spiro atoms. The average Bonchev–Trinajstić information content (AvgIpc) is 2.83. The molecule has 0 unspecified atom stereocenters. The van der Waals surface area contributed by atoms with Gasteiger partial charge in [-0.2, -0.15) is 13.9 Å². The number of ether oxygens (including phenoxy) is 1. The van der Waals surface area contributed by atoms with E-state index in [1.54, 1.807) is 4.90 Å². The smallest absolute Gasteiger partial charge is 0.388 e. The molecule has 0 saturated carbocycles. The maximum atomic E-state index is 12.7. The van der Waals surface area contributed by atoms with Crippen LogP contribution in [0.25, 0.3) is 0 Å². The monoisotopic (exact) mass is 398 g/mol. The summed E-state index contributed by atoms with van der Waals surface area (Å²) in [6, 6.07) is 7.04. The van der Waals surface area contributed by atoms with Crippen LogP contribution in [0.2, 0.25) is 5.02 Å². The van der Waals surface area contributed by atoms with E-state index in [4.69, 9.17) is 11.6 Å². The van der Waals surface area contributed by atoms with E-state index in [1.165, 1.54) is 13.1 Å². The van der Waals surface area contributed by atoms with Crippen molar-refractivity contribution >= 4 is 23.2 Å². The van der Waals surface area contributed by atoms with Crippen LogP contribution in [0.4, 0.5) is 14.5 Å². The van der Waals surface area contributed by atoms with Gasteiger partial charge < -0.3 is 14.5 Å². The van der Waals surface area contributed by atoms with E-state index in [1.807, 2.05) is 25.1 Å². The van der Waals surface area contributed by atoms with Crippen LogP contribution in [0.5, 0.6) is 5.88 Å². The summed E-state index contributed by atoms with van der Waals surface area (Å²) in [5.41, 5.74) is 2.17. The summed E-state index contributed by atoms with van der Waals surface area (Å²) < 4.78 is 30.3. The van der Waals surface area contributed by atoms with Crippen LogP contribution in [0.15, 0.2) is 24.3 Å². The number of amides is 1. The summed E-state index contributed by atoms with van der Waals surface area (Å²) in [7, 11) is 1.46. The number of hydrogen-bond donors (Lipinski definition) is 0. The maximum Gasteiger partial charge on any atom is 0.388 e. The first-order valence-electron chi connectivity index (χ1n) is 8.65. The van der Waals surface area contributed by atoms with Gasteiger partial charge in [0.05, 0.1) is 0 Å². The van der Waals surface area contributed by atoms with Crippen LogP contribution in [0.3, 0.4) is 0 Å². The van der Waals surface area contributed by atoms with E-state index in [9.17, 15) is 13.6 Å². The van der Waals surface area contributed by atoms with Crippen molar-refractivity contribution in [3.8, 4) is 5.88 Å². The number of anilines is 1. The Morgan fingerprint density at radius 2 is 2.04 bits per heavy atom. The highest BCUT2D eigenvalue weighted by Crippen LogP contribution is 2.27. The minimum absolute atomic E-state index is 0.0977. The quantitative estimate of drug-likeness (QED) is 0.792. The highest BCUT2D eigenvalue weighted by atomic mass is 35.5. The van der Waals surface area contributed by atoms with Crippen molar-refractivity contribution in [1.29, 1.82) is 0 Å². The van der Waals surface area contributed by atoms with E-state index >= 15 is 0 Å². The number of carbonyl (C=O) groups is 1. The van der Waals surface area contributed by atoms with Crippen LogP contribution in [0, 0.1) is 6.92 Å². The second-order valence-corrected chi connectivity index (χ2v) is 6.79. The summed E-state index contributed by atoms with van der Waals surface area (Å²) in [6.45, 7) is 1.54. The molecule has 0 bridgehead atoms. The molecule has 9 heteroatoms. The standard InChI is InChI=1S/C18H21ClF2N4O2/c1-12-13(19)5-3-6-15(12)24-7-4-8-25(10-9-24)17(26)14-11-16(23(2)22-14)27-18(20)21/h3,5-6,11,18H,4,7-10H2,1-2H3. The number of aromatic nitrogens is 2. The first kappa shape index (κ1) is 19.4. The van der Waals surface area contributed by atoms with E-state index < -0.39 is 6.61 Å². The fourth-order valence-corrected chi connectivity index (χ4v) is 3.39. The topological polar surface area (TPSA) is 50.6 Å². The predicted octanol–water partition coefficient (Wildman–Crippen LogP) is 3.34. The molecule has 1 saturated heterocycles. The van der Waals surface area contributed by atoms with Gasteiger partial charge in [0.15, 0.2) is 5.69 Å². The molecule has 0 radical (unpaired) electrons.